The summed E-state index contributed by atoms with van der Waals surface area (Å²) in [5, 5.41) is 9.26. The third-order valence-corrected chi connectivity index (χ3v) is 5.18. The van der Waals surface area contributed by atoms with Crippen LogP contribution in [0.1, 0.15) is 40.5 Å². The number of carbonyl (C=O) groups excluding carboxylic acids is 1. The van der Waals surface area contributed by atoms with Gasteiger partial charge in [0.15, 0.2) is 0 Å². The number of nitrogens with zero attached hydrogens (tertiary/aromatic N) is 2. The van der Waals surface area contributed by atoms with Gasteiger partial charge in [-0.2, -0.15) is 0 Å². The number of amides is 2. The zero-order chi connectivity index (χ0) is 15.4. The fourth-order valence-corrected chi connectivity index (χ4v) is 3.88. The van der Waals surface area contributed by atoms with Gasteiger partial charge in [0.05, 0.1) is 5.37 Å². The molecule has 6 heteroatoms. The first-order chi connectivity index (χ1) is 9.29. The smallest absolute Gasteiger partial charge is 0.327 e. The number of thioether (sulfide) groups is 1. The lowest BCUT2D eigenvalue weighted by Crippen LogP contribution is -2.52. The Labute approximate surface area is 125 Å². The summed E-state index contributed by atoms with van der Waals surface area (Å²) in [5.41, 5.74) is 0. The predicted molar refractivity (Wildman–Crippen MR) is 81.9 cm³/mol. The highest BCUT2D eigenvalue weighted by molar-refractivity contribution is 8.00. The van der Waals surface area contributed by atoms with E-state index in [9.17, 15) is 14.7 Å². The molecule has 1 N–H and O–H groups in total. The van der Waals surface area contributed by atoms with Crippen molar-refractivity contribution in [3.8, 4) is 0 Å². The summed E-state index contributed by atoms with van der Waals surface area (Å²) < 4.78 is 0. The maximum Gasteiger partial charge on any atom is 0.327 e. The Morgan fingerprint density at radius 3 is 2.45 bits per heavy atom. The van der Waals surface area contributed by atoms with Crippen molar-refractivity contribution in [2.24, 2.45) is 5.92 Å². The van der Waals surface area contributed by atoms with E-state index in [2.05, 4.69) is 13.8 Å². The van der Waals surface area contributed by atoms with Gasteiger partial charge in [0.25, 0.3) is 0 Å². The van der Waals surface area contributed by atoms with Gasteiger partial charge in [-0.15, -0.1) is 11.8 Å². The average molecular weight is 302 g/mol. The van der Waals surface area contributed by atoms with Crippen LogP contribution in [0.15, 0.2) is 0 Å². The van der Waals surface area contributed by atoms with Crippen LogP contribution in [0.5, 0.6) is 0 Å². The molecular formula is C14H26N2O3S. The first-order valence-corrected chi connectivity index (χ1v) is 8.23. The second-order valence-corrected chi connectivity index (χ2v) is 7.04. The van der Waals surface area contributed by atoms with Crippen molar-refractivity contribution in [1.82, 2.24) is 9.80 Å². The van der Waals surface area contributed by atoms with Crippen LogP contribution in [0.4, 0.5) is 4.79 Å². The Morgan fingerprint density at radius 2 is 2.00 bits per heavy atom. The first-order valence-electron chi connectivity index (χ1n) is 7.19. The Morgan fingerprint density at radius 1 is 1.40 bits per heavy atom. The molecule has 0 bridgehead atoms. The number of carboxylic acid groups (broad SMARTS) is 1. The SMILES string of the molecule is CCC1SCC(C(=O)O)N1C(=O)N(C)C(C)CC(C)C. The van der Waals surface area contributed by atoms with Gasteiger partial charge in [0.2, 0.25) is 0 Å². The number of carbonyl (C=O) groups is 2. The standard InChI is InChI=1S/C14H26N2O3S/c1-6-12-16(11(8-20-12)13(17)18)14(19)15(5)10(4)7-9(2)3/h9-12H,6-8H2,1-5H3,(H,17,18). The quantitative estimate of drug-likeness (QED) is 0.848. The monoisotopic (exact) mass is 302 g/mol. The molecule has 0 aromatic heterocycles. The minimum atomic E-state index is -0.910. The molecular weight excluding hydrogens is 276 g/mol. The molecule has 3 atom stereocenters. The van der Waals surface area contributed by atoms with Gasteiger partial charge in [0, 0.05) is 18.8 Å². The minimum absolute atomic E-state index is 0.0303. The Bertz CT molecular complexity index is 362. The van der Waals surface area contributed by atoms with E-state index in [-0.39, 0.29) is 17.4 Å². The van der Waals surface area contributed by atoms with Gasteiger partial charge in [-0.05, 0) is 25.7 Å². The molecule has 0 saturated carbocycles. The van der Waals surface area contributed by atoms with E-state index >= 15 is 0 Å². The van der Waals surface area contributed by atoms with Crippen LogP contribution in [0, 0.1) is 5.92 Å². The highest BCUT2D eigenvalue weighted by atomic mass is 32.2. The van der Waals surface area contributed by atoms with Gasteiger partial charge in [0.1, 0.15) is 6.04 Å². The molecule has 0 radical (unpaired) electrons. The maximum atomic E-state index is 12.6. The second-order valence-electron chi connectivity index (χ2n) is 5.83. The molecule has 1 saturated heterocycles. The van der Waals surface area contributed by atoms with E-state index in [1.807, 2.05) is 13.8 Å². The van der Waals surface area contributed by atoms with Gasteiger partial charge in [-0.3, -0.25) is 4.90 Å². The van der Waals surface area contributed by atoms with Gasteiger partial charge in [-0.25, -0.2) is 9.59 Å². The Balaban J connectivity index is 2.83. The van der Waals surface area contributed by atoms with Crippen molar-refractivity contribution in [2.75, 3.05) is 12.8 Å². The topological polar surface area (TPSA) is 60.9 Å². The van der Waals surface area contributed by atoms with Crippen LogP contribution >= 0.6 is 11.8 Å². The molecule has 20 heavy (non-hydrogen) atoms. The highest BCUT2D eigenvalue weighted by Crippen LogP contribution is 2.32. The molecule has 1 heterocycles. The number of urea groups is 1. The molecule has 0 spiro atoms. The van der Waals surface area contributed by atoms with Crippen LogP contribution in [0.2, 0.25) is 0 Å². The normalized spacial score (nSPS) is 24.0. The van der Waals surface area contributed by atoms with Crippen molar-refractivity contribution >= 4 is 23.8 Å². The lowest BCUT2D eigenvalue weighted by atomic mass is 10.0. The van der Waals surface area contributed by atoms with E-state index < -0.39 is 12.0 Å². The van der Waals surface area contributed by atoms with Crippen LogP contribution in [-0.4, -0.2) is 57.2 Å². The van der Waals surface area contributed by atoms with Gasteiger partial charge in [-0.1, -0.05) is 20.8 Å². The van der Waals surface area contributed by atoms with Crippen molar-refractivity contribution in [3.63, 3.8) is 0 Å². The molecule has 116 valence electrons. The largest absolute Gasteiger partial charge is 0.480 e. The third-order valence-electron chi connectivity index (χ3n) is 3.72. The van der Waals surface area contributed by atoms with Crippen molar-refractivity contribution in [2.45, 2.75) is 58.0 Å². The van der Waals surface area contributed by atoms with Crippen LogP contribution in [0.25, 0.3) is 0 Å². The molecule has 3 unspecified atom stereocenters. The zero-order valence-electron chi connectivity index (χ0n) is 13.0. The molecule has 1 fully saturated rings. The van der Waals surface area contributed by atoms with E-state index in [0.717, 1.165) is 12.8 Å². The van der Waals surface area contributed by atoms with Crippen molar-refractivity contribution < 1.29 is 14.7 Å². The summed E-state index contributed by atoms with van der Waals surface area (Å²) in [4.78, 5) is 27.2. The number of hydrogen-bond donors (Lipinski definition) is 1. The Hall–Kier alpha value is -0.910. The summed E-state index contributed by atoms with van der Waals surface area (Å²) in [6.45, 7) is 8.24. The number of aliphatic carboxylic acids is 1. The van der Waals surface area contributed by atoms with Gasteiger partial charge < -0.3 is 10.0 Å². The summed E-state index contributed by atoms with van der Waals surface area (Å²) >= 11 is 1.56. The van der Waals surface area contributed by atoms with E-state index in [1.54, 1.807) is 28.6 Å². The molecule has 1 rings (SSSR count). The molecule has 1 aliphatic rings. The first kappa shape index (κ1) is 17.1. The fourth-order valence-electron chi connectivity index (χ4n) is 2.54. The zero-order valence-corrected chi connectivity index (χ0v) is 13.8. The van der Waals surface area contributed by atoms with E-state index in [0.29, 0.717) is 11.7 Å². The van der Waals surface area contributed by atoms with Crippen LogP contribution < -0.4 is 0 Å². The van der Waals surface area contributed by atoms with Crippen molar-refractivity contribution in [1.29, 1.82) is 0 Å². The van der Waals surface area contributed by atoms with E-state index in [4.69, 9.17) is 0 Å². The summed E-state index contributed by atoms with van der Waals surface area (Å²) in [5.74, 6) is 0.0727. The van der Waals surface area contributed by atoms with E-state index in [1.165, 1.54) is 0 Å². The average Bonchev–Trinajstić information content (AvgIpc) is 2.79. The molecule has 0 aliphatic carbocycles. The molecule has 0 aromatic carbocycles. The number of carboxylic acids is 1. The predicted octanol–water partition coefficient (Wildman–Crippen LogP) is 2.71. The molecule has 0 aromatic rings. The second kappa shape index (κ2) is 7.20. The fraction of sp³-hybridized carbons (Fsp3) is 0.857. The van der Waals surface area contributed by atoms with Gasteiger partial charge >= 0.3 is 12.0 Å². The minimum Gasteiger partial charge on any atom is -0.480 e. The number of hydrogen-bond acceptors (Lipinski definition) is 3. The Kier molecular flexibility index (Phi) is 6.17. The summed E-state index contributed by atoms with van der Waals surface area (Å²) in [7, 11) is 1.77. The van der Waals surface area contributed by atoms with Crippen LogP contribution in [0.3, 0.4) is 0 Å². The summed E-state index contributed by atoms with van der Waals surface area (Å²) in [6, 6.07) is -0.756. The van der Waals surface area contributed by atoms with Crippen molar-refractivity contribution in [3.05, 3.63) is 0 Å². The maximum absolute atomic E-state index is 12.6. The molecule has 5 nitrogen and oxygen atoms in total. The lowest BCUT2D eigenvalue weighted by Gasteiger charge is -2.34. The number of rotatable bonds is 5. The lowest BCUT2D eigenvalue weighted by molar-refractivity contribution is -0.141. The summed E-state index contributed by atoms with van der Waals surface area (Å²) in [6.07, 6.45) is 1.68. The third kappa shape index (κ3) is 3.81. The molecule has 2 amide bonds. The molecule has 1 aliphatic heterocycles. The highest BCUT2D eigenvalue weighted by Gasteiger charge is 2.42. The van der Waals surface area contributed by atoms with Crippen LogP contribution in [-0.2, 0) is 4.79 Å².